The van der Waals surface area contributed by atoms with Gasteiger partial charge in [0.15, 0.2) is 0 Å². The van der Waals surface area contributed by atoms with Crippen molar-refractivity contribution in [1.29, 1.82) is 0 Å². The number of hydrogen-bond donors (Lipinski definition) is 1. The third kappa shape index (κ3) is 3.18. The van der Waals surface area contributed by atoms with Gasteiger partial charge in [0.1, 0.15) is 0 Å². The summed E-state index contributed by atoms with van der Waals surface area (Å²) in [6, 6.07) is 5.96. The summed E-state index contributed by atoms with van der Waals surface area (Å²) in [5, 5.41) is 0.646. The highest BCUT2D eigenvalue weighted by atomic mass is 35.5. The maximum atomic E-state index is 5.94. The second-order valence-corrected chi connectivity index (χ2v) is 6.85. The molecule has 3 heteroatoms. The number of benzene rings is 1. The van der Waals surface area contributed by atoms with Crippen LogP contribution < -0.4 is 5.73 Å². The van der Waals surface area contributed by atoms with Crippen LogP contribution >= 0.6 is 11.6 Å². The van der Waals surface area contributed by atoms with E-state index < -0.39 is 0 Å². The molecule has 0 aliphatic carbocycles. The Morgan fingerprint density at radius 2 is 2.11 bits per heavy atom. The van der Waals surface area contributed by atoms with Gasteiger partial charge in [0.05, 0.1) is 10.7 Å². The minimum Gasteiger partial charge on any atom is -0.398 e. The molecule has 1 fully saturated rings. The van der Waals surface area contributed by atoms with Crippen molar-refractivity contribution in [3.63, 3.8) is 0 Å². The van der Waals surface area contributed by atoms with Gasteiger partial charge in [0, 0.05) is 13.1 Å². The zero-order valence-corrected chi connectivity index (χ0v) is 12.3. The minimum atomic E-state index is 0.410. The molecular formula is C15H23ClN2. The van der Waals surface area contributed by atoms with Crippen LogP contribution in [-0.2, 0) is 6.54 Å². The molecule has 2 rings (SSSR count). The first-order valence-corrected chi connectivity index (χ1v) is 7.00. The largest absolute Gasteiger partial charge is 0.398 e. The van der Waals surface area contributed by atoms with Crippen molar-refractivity contribution < 1.29 is 0 Å². The number of likely N-dealkylation sites (tertiary alicyclic amines) is 1. The average Bonchev–Trinajstić information content (AvgIpc) is 2.72. The molecule has 0 saturated carbocycles. The van der Waals surface area contributed by atoms with Crippen LogP contribution in [0.4, 0.5) is 5.69 Å². The highest BCUT2D eigenvalue weighted by Crippen LogP contribution is 2.34. The van der Waals surface area contributed by atoms with E-state index in [1.165, 1.54) is 25.1 Å². The molecule has 1 aromatic carbocycles. The number of anilines is 1. The SMILES string of the molecule is CC(C)(C)C1CCN(Cc2ccc(Cl)c(N)c2)C1. The molecular weight excluding hydrogens is 244 g/mol. The Kier molecular flexibility index (Phi) is 3.88. The van der Waals surface area contributed by atoms with E-state index in [4.69, 9.17) is 17.3 Å². The Morgan fingerprint density at radius 3 is 2.67 bits per heavy atom. The molecule has 0 amide bonds. The molecule has 1 aliphatic heterocycles. The normalized spacial score (nSPS) is 21.4. The predicted octanol–water partition coefficient (Wildman–Crippen LogP) is 3.79. The van der Waals surface area contributed by atoms with Crippen molar-refractivity contribution in [2.45, 2.75) is 33.7 Å². The van der Waals surface area contributed by atoms with Gasteiger partial charge in [-0.3, -0.25) is 4.90 Å². The molecule has 1 saturated heterocycles. The summed E-state index contributed by atoms with van der Waals surface area (Å²) in [5.41, 5.74) is 8.19. The summed E-state index contributed by atoms with van der Waals surface area (Å²) in [6.07, 6.45) is 1.30. The number of nitrogens with two attached hydrogens (primary N) is 1. The fraction of sp³-hybridized carbons (Fsp3) is 0.600. The fourth-order valence-corrected chi connectivity index (χ4v) is 2.75. The molecule has 1 unspecified atom stereocenters. The first kappa shape index (κ1) is 13.7. The zero-order valence-electron chi connectivity index (χ0n) is 11.5. The number of nitrogen functional groups attached to an aromatic ring is 1. The second kappa shape index (κ2) is 5.10. The number of hydrogen-bond acceptors (Lipinski definition) is 2. The number of halogens is 1. The summed E-state index contributed by atoms with van der Waals surface area (Å²) in [5.74, 6) is 0.794. The van der Waals surface area contributed by atoms with Crippen LogP contribution in [0.25, 0.3) is 0 Å². The topological polar surface area (TPSA) is 29.3 Å². The first-order valence-electron chi connectivity index (χ1n) is 6.62. The summed E-state index contributed by atoms with van der Waals surface area (Å²) in [6.45, 7) is 10.4. The number of rotatable bonds is 2. The quantitative estimate of drug-likeness (QED) is 0.826. The van der Waals surface area contributed by atoms with Crippen LogP contribution in [0.3, 0.4) is 0 Å². The van der Waals surface area contributed by atoms with Crippen molar-refractivity contribution in [3.05, 3.63) is 28.8 Å². The van der Waals surface area contributed by atoms with Gasteiger partial charge in [0.2, 0.25) is 0 Å². The Balaban J connectivity index is 1.97. The van der Waals surface area contributed by atoms with Crippen LogP contribution in [0, 0.1) is 11.3 Å². The van der Waals surface area contributed by atoms with Gasteiger partial charge < -0.3 is 5.73 Å². The van der Waals surface area contributed by atoms with Crippen LogP contribution in [0.5, 0.6) is 0 Å². The smallest absolute Gasteiger partial charge is 0.0635 e. The Labute approximate surface area is 115 Å². The standard InChI is InChI=1S/C15H23ClN2/c1-15(2,3)12-6-7-18(10-12)9-11-4-5-13(16)14(17)8-11/h4-5,8,12H,6-7,9-10,17H2,1-3H3. The van der Waals surface area contributed by atoms with Crippen LogP contribution in [0.1, 0.15) is 32.8 Å². The van der Waals surface area contributed by atoms with Crippen LogP contribution in [0.15, 0.2) is 18.2 Å². The lowest BCUT2D eigenvalue weighted by molar-refractivity contribution is 0.226. The number of nitrogens with zero attached hydrogens (tertiary/aromatic N) is 1. The van der Waals surface area contributed by atoms with Gasteiger partial charge >= 0.3 is 0 Å². The molecule has 1 aromatic rings. The van der Waals surface area contributed by atoms with Crippen LogP contribution in [-0.4, -0.2) is 18.0 Å². The molecule has 2 nitrogen and oxygen atoms in total. The lowest BCUT2D eigenvalue weighted by Crippen LogP contribution is -2.25. The Morgan fingerprint density at radius 1 is 1.39 bits per heavy atom. The van der Waals surface area contributed by atoms with E-state index in [0.717, 1.165) is 12.5 Å². The predicted molar refractivity (Wildman–Crippen MR) is 78.7 cm³/mol. The van der Waals surface area contributed by atoms with E-state index in [9.17, 15) is 0 Å². The fourth-order valence-electron chi connectivity index (χ4n) is 2.63. The van der Waals surface area contributed by atoms with Gasteiger partial charge in [-0.05, 0) is 42.0 Å². The molecule has 0 radical (unpaired) electrons. The molecule has 2 N–H and O–H groups in total. The molecule has 0 spiro atoms. The zero-order chi connectivity index (χ0) is 13.3. The minimum absolute atomic E-state index is 0.410. The van der Waals surface area contributed by atoms with Gasteiger partial charge in [-0.25, -0.2) is 0 Å². The maximum Gasteiger partial charge on any atom is 0.0635 e. The van der Waals surface area contributed by atoms with Gasteiger partial charge in [-0.15, -0.1) is 0 Å². The maximum absolute atomic E-state index is 5.94. The second-order valence-electron chi connectivity index (χ2n) is 6.44. The third-order valence-electron chi connectivity index (χ3n) is 3.96. The average molecular weight is 267 g/mol. The summed E-state index contributed by atoms with van der Waals surface area (Å²) in [4.78, 5) is 2.51. The van der Waals surface area contributed by atoms with E-state index in [0.29, 0.717) is 16.1 Å². The molecule has 1 aliphatic rings. The highest BCUT2D eigenvalue weighted by molar-refractivity contribution is 6.33. The molecule has 18 heavy (non-hydrogen) atoms. The van der Waals surface area contributed by atoms with Crippen molar-refractivity contribution >= 4 is 17.3 Å². The van der Waals surface area contributed by atoms with Crippen molar-refractivity contribution in [1.82, 2.24) is 4.90 Å². The molecule has 1 heterocycles. The van der Waals surface area contributed by atoms with Gasteiger partial charge in [-0.1, -0.05) is 38.4 Å². The van der Waals surface area contributed by atoms with Crippen molar-refractivity contribution in [2.24, 2.45) is 11.3 Å². The monoisotopic (exact) mass is 266 g/mol. The lowest BCUT2D eigenvalue weighted by Gasteiger charge is -2.27. The lowest BCUT2D eigenvalue weighted by atomic mass is 9.80. The van der Waals surface area contributed by atoms with Crippen molar-refractivity contribution in [3.8, 4) is 0 Å². The van der Waals surface area contributed by atoms with Crippen molar-refractivity contribution in [2.75, 3.05) is 18.8 Å². The van der Waals surface area contributed by atoms with E-state index in [1.807, 2.05) is 12.1 Å². The van der Waals surface area contributed by atoms with Gasteiger partial charge in [0.25, 0.3) is 0 Å². The van der Waals surface area contributed by atoms with E-state index in [-0.39, 0.29) is 0 Å². The Hall–Kier alpha value is -0.730. The molecule has 100 valence electrons. The Bertz CT molecular complexity index is 423. The third-order valence-corrected chi connectivity index (χ3v) is 4.31. The molecule has 0 bridgehead atoms. The van der Waals surface area contributed by atoms with Gasteiger partial charge in [-0.2, -0.15) is 0 Å². The van der Waals surface area contributed by atoms with Crippen LogP contribution in [0.2, 0.25) is 5.02 Å². The summed E-state index contributed by atoms with van der Waals surface area (Å²) < 4.78 is 0. The van der Waals surface area contributed by atoms with E-state index in [1.54, 1.807) is 0 Å². The molecule has 1 atom stereocenters. The summed E-state index contributed by atoms with van der Waals surface area (Å²) in [7, 11) is 0. The summed E-state index contributed by atoms with van der Waals surface area (Å²) >= 11 is 5.94. The highest BCUT2D eigenvalue weighted by Gasteiger charge is 2.31. The van der Waals surface area contributed by atoms with E-state index in [2.05, 4.69) is 31.7 Å². The van der Waals surface area contributed by atoms with E-state index >= 15 is 0 Å². The first-order chi connectivity index (χ1) is 8.36. The molecule has 0 aromatic heterocycles.